The first-order valence-corrected chi connectivity index (χ1v) is 5.95. The van der Waals surface area contributed by atoms with E-state index in [1.54, 1.807) is 18.0 Å². The molecule has 2 rings (SSSR count). The predicted octanol–water partition coefficient (Wildman–Crippen LogP) is 1.16. The third-order valence-corrected chi connectivity index (χ3v) is 2.76. The summed E-state index contributed by atoms with van der Waals surface area (Å²) < 4.78 is 25.0. The Morgan fingerprint density at radius 3 is 2.85 bits per heavy atom. The highest BCUT2D eigenvalue weighted by atomic mass is 19.1. The van der Waals surface area contributed by atoms with Gasteiger partial charge in [0.2, 0.25) is 11.8 Å². The lowest BCUT2D eigenvalue weighted by Gasteiger charge is -2.18. The van der Waals surface area contributed by atoms with Gasteiger partial charge in [0.05, 0.1) is 31.6 Å². The van der Waals surface area contributed by atoms with Crippen molar-refractivity contribution in [1.29, 1.82) is 0 Å². The summed E-state index contributed by atoms with van der Waals surface area (Å²) in [5.41, 5.74) is 0.902. The van der Waals surface area contributed by atoms with E-state index in [1.807, 2.05) is 13.1 Å². The first kappa shape index (κ1) is 14.2. The molecule has 2 aromatic rings. The number of methoxy groups -OCH3 is 2. The maximum Gasteiger partial charge on any atom is 0.255 e. The molecule has 0 aliphatic heterocycles. The fourth-order valence-electron chi connectivity index (χ4n) is 1.81. The van der Waals surface area contributed by atoms with Crippen LogP contribution in [-0.2, 0) is 11.8 Å². The summed E-state index contributed by atoms with van der Waals surface area (Å²) in [6.45, 7) is 0.391. The summed E-state index contributed by atoms with van der Waals surface area (Å²) in [6, 6.07) is 1.65. The molecule has 0 saturated heterocycles. The van der Waals surface area contributed by atoms with Crippen LogP contribution in [0.15, 0.2) is 18.5 Å². The van der Waals surface area contributed by atoms with E-state index >= 15 is 0 Å². The second-order valence-electron chi connectivity index (χ2n) is 4.08. The van der Waals surface area contributed by atoms with Crippen molar-refractivity contribution in [2.45, 2.75) is 6.04 Å². The molecule has 2 aromatic heterocycles. The summed E-state index contributed by atoms with van der Waals surface area (Å²) in [5, 5.41) is 7.18. The van der Waals surface area contributed by atoms with Crippen LogP contribution in [0.1, 0.15) is 11.7 Å². The minimum Gasteiger partial charge on any atom is -0.479 e. The van der Waals surface area contributed by atoms with E-state index in [4.69, 9.17) is 9.47 Å². The Hall–Kier alpha value is -2.22. The molecule has 0 aliphatic carbocycles. The van der Waals surface area contributed by atoms with Gasteiger partial charge >= 0.3 is 0 Å². The van der Waals surface area contributed by atoms with Crippen molar-refractivity contribution in [3.8, 4) is 5.88 Å². The standard InChI is InChI=1S/C12H16FN5O2/c1-18-10(4-5-15-18)9(7-19-2)16-12-14-6-8(13)11(17-12)20-3/h4-6,9H,7H2,1-3H3,(H,14,16,17). The third kappa shape index (κ3) is 3.02. The molecule has 0 bridgehead atoms. The number of aromatic nitrogens is 4. The normalized spacial score (nSPS) is 12.2. The molecule has 20 heavy (non-hydrogen) atoms. The van der Waals surface area contributed by atoms with Gasteiger partial charge in [-0.25, -0.2) is 4.98 Å². The number of ether oxygens (including phenoxy) is 2. The first-order valence-electron chi connectivity index (χ1n) is 5.95. The van der Waals surface area contributed by atoms with Crippen LogP contribution in [-0.4, -0.2) is 40.6 Å². The Bertz CT molecular complexity index is 575. The SMILES string of the molecule is COCC(Nc1ncc(F)c(OC)n1)c1ccnn1C. The summed E-state index contributed by atoms with van der Waals surface area (Å²) >= 11 is 0. The van der Waals surface area contributed by atoms with Crippen LogP contribution >= 0.6 is 0 Å². The van der Waals surface area contributed by atoms with Crippen LogP contribution in [0.3, 0.4) is 0 Å². The number of hydrogen-bond donors (Lipinski definition) is 1. The molecule has 1 unspecified atom stereocenters. The Labute approximate surface area is 115 Å². The summed E-state index contributed by atoms with van der Waals surface area (Å²) in [4.78, 5) is 7.83. The number of aryl methyl sites for hydroxylation is 1. The smallest absolute Gasteiger partial charge is 0.255 e. The molecule has 7 nitrogen and oxygen atoms in total. The van der Waals surface area contributed by atoms with E-state index in [9.17, 15) is 4.39 Å². The molecule has 8 heteroatoms. The minimum atomic E-state index is -0.609. The molecule has 0 saturated carbocycles. The van der Waals surface area contributed by atoms with E-state index in [1.165, 1.54) is 7.11 Å². The molecular weight excluding hydrogens is 265 g/mol. The zero-order valence-electron chi connectivity index (χ0n) is 11.5. The van der Waals surface area contributed by atoms with Gasteiger partial charge in [0.25, 0.3) is 5.88 Å². The number of halogens is 1. The summed E-state index contributed by atoms with van der Waals surface area (Å²) in [5.74, 6) is -0.461. The molecule has 0 amide bonds. The highest BCUT2D eigenvalue weighted by molar-refractivity contribution is 5.32. The lowest BCUT2D eigenvalue weighted by Crippen LogP contribution is -2.20. The van der Waals surface area contributed by atoms with Crippen molar-refractivity contribution in [3.05, 3.63) is 30.0 Å². The second kappa shape index (κ2) is 6.29. The van der Waals surface area contributed by atoms with Crippen molar-refractivity contribution < 1.29 is 13.9 Å². The first-order chi connectivity index (χ1) is 9.65. The predicted molar refractivity (Wildman–Crippen MR) is 70.0 cm³/mol. The number of nitrogens with zero attached hydrogens (tertiary/aromatic N) is 4. The number of nitrogens with one attached hydrogen (secondary N) is 1. The molecule has 0 aliphatic rings. The molecule has 108 valence electrons. The molecule has 0 aromatic carbocycles. The van der Waals surface area contributed by atoms with Crippen LogP contribution in [0.5, 0.6) is 5.88 Å². The fourth-order valence-corrected chi connectivity index (χ4v) is 1.81. The Kier molecular flexibility index (Phi) is 4.46. The van der Waals surface area contributed by atoms with Crippen molar-refractivity contribution >= 4 is 5.95 Å². The lowest BCUT2D eigenvalue weighted by atomic mass is 10.2. The summed E-state index contributed by atoms with van der Waals surface area (Å²) in [6.07, 6.45) is 2.74. The topological polar surface area (TPSA) is 74.1 Å². The maximum atomic E-state index is 13.3. The molecule has 2 heterocycles. The highest BCUT2D eigenvalue weighted by Crippen LogP contribution is 2.19. The Morgan fingerprint density at radius 1 is 1.45 bits per heavy atom. The molecule has 0 spiro atoms. The Morgan fingerprint density at radius 2 is 2.25 bits per heavy atom. The van der Waals surface area contributed by atoms with Crippen LogP contribution in [0, 0.1) is 5.82 Å². The van der Waals surface area contributed by atoms with E-state index in [-0.39, 0.29) is 17.9 Å². The van der Waals surface area contributed by atoms with Gasteiger partial charge in [-0.15, -0.1) is 0 Å². The second-order valence-corrected chi connectivity index (χ2v) is 4.08. The van der Waals surface area contributed by atoms with Gasteiger partial charge in [-0.2, -0.15) is 14.5 Å². The minimum absolute atomic E-state index is 0.108. The van der Waals surface area contributed by atoms with E-state index in [0.717, 1.165) is 11.9 Å². The third-order valence-electron chi connectivity index (χ3n) is 2.76. The van der Waals surface area contributed by atoms with Gasteiger partial charge in [0.15, 0.2) is 0 Å². The monoisotopic (exact) mass is 281 g/mol. The average Bonchev–Trinajstić information content (AvgIpc) is 2.86. The quantitative estimate of drug-likeness (QED) is 0.856. The number of hydrogen-bond acceptors (Lipinski definition) is 6. The zero-order chi connectivity index (χ0) is 14.5. The fraction of sp³-hybridized carbons (Fsp3) is 0.417. The van der Waals surface area contributed by atoms with Crippen LogP contribution in [0.25, 0.3) is 0 Å². The average molecular weight is 281 g/mol. The molecule has 0 radical (unpaired) electrons. The van der Waals surface area contributed by atoms with Crippen LogP contribution in [0.2, 0.25) is 0 Å². The number of anilines is 1. The van der Waals surface area contributed by atoms with Gasteiger partial charge in [-0.3, -0.25) is 4.68 Å². The molecule has 0 fully saturated rings. The van der Waals surface area contributed by atoms with Crippen molar-refractivity contribution in [2.24, 2.45) is 7.05 Å². The largest absolute Gasteiger partial charge is 0.479 e. The maximum absolute atomic E-state index is 13.3. The van der Waals surface area contributed by atoms with Crippen molar-refractivity contribution in [1.82, 2.24) is 19.7 Å². The molecular formula is C12H16FN5O2. The van der Waals surface area contributed by atoms with Gasteiger partial charge in [-0.05, 0) is 6.07 Å². The Balaban J connectivity index is 2.22. The zero-order valence-corrected chi connectivity index (χ0v) is 11.5. The number of rotatable bonds is 6. The van der Waals surface area contributed by atoms with Gasteiger partial charge in [-0.1, -0.05) is 0 Å². The highest BCUT2D eigenvalue weighted by Gasteiger charge is 2.17. The van der Waals surface area contributed by atoms with Crippen molar-refractivity contribution in [3.63, 3.8) is 0 Å². The van der Waals surface area contributed by atoms with E-state index in [0.29, 0.717) is 6.61 Å². The van der Waals surface area contributed by atoms with Gasteiger partial charge in [0, 0.05) is 20.4 Å². The molecule has 1 atom stereocenters. The summed E-state index contributed by atoms with van der Waals surface area (Å²) in [7, 11) is 4.77. The lowest BCUT2D eigenvalue weighted by molar-refractivity contribution is 0.183. The van der Waals surface area contributed by atoms with Crippen LogP contribution in [0.4, 0.5) is 10.3 Å². The van der Waals surface area contributed by atoms with Crippen molar-refractivity contribution in [2.75, 3.05) is 26.1 Å². The van der Waals surface area contributed by atoms with E-state index < -0.39 is 5.82 Å². The van der Waals surface area contributed by atoms with Crippen LogP contribution < -0.4 is 10.1 Å². The van der Waals surface area contributed by atoms with E-state index in [2.05, 4.69) is 20.4 Å². The molecule has 1 N–H and O–H groups in total. The van der Waals surface area contributed by atoms with Gasteiger partial charge < -0.3 is 14.8 Å². The van der Waals surface area contributed by atoms with Gasteiger partial charge in [0.1, 0.15) is 0 Å².